The van der Waals surface area contributed by atoms with Crippen LogP contribution in [0.1, 0.15) is 26.4 Å². The van der Waals surface area contributed by atoms with E-state index < -0.39 is 24.5 Å². The molecule has 0 bridgehead atoms. The Hall–Kier alpha value is -3.36. The van der Waals surface area contributed by atoms with Gasteiger partial charge in [0.25, 0.3) is 5.91 Å². The third-order valence-corrected chi connectivity index (χ3v) is 3.02. The molecule has 24 heavy (non-hydrogen) atoms. The number of benzene rings is 1. The molecule has 0 fully saturated rings. The SMILES string of the molecule is COC(=O)c1ccc(NC(=O)COC(=O)c2c(C)noc2N)cc1. The number of hydrogen-bond donors (Lipinski definition) is 2. The predicted molar refractivity (Wildman–Crippen MR) is 82.3 cm³/mol. The Bertz CT molecular complexity index is 747. The summed E-state index contributed by atoms with van der Waals surface area (Å²) >= 11 is 0. The number of carbonyl (C=O) groups is 3. The van der Waals surface area contributed by atoms with Gasteiger partial charge in [0.2, 0.25) is 5.88 Å². The van der Waals surface area contributed by atoms with E-state index in [1.54, 1.807) is 0 Å². The van der Waals surface area contributed by atoms with Crippen molar-refractivity contribution in [3.05, 3.63) is 41.1 Å². The topological polar surface area (TPSA) is 134 Å². The molecule has 9 heteroatoms. The highest BCUT2D eigenvalue weighted by Gasteiger charge is 2.20. The van der Waals surface area contributed by atoms with Crippen LogP contribution in [0.15, 0.2) is 28.8 Å². The summed E-state index contributed by atoms with van der Waals surface area (Å²) in [5.74, 6) is -2.01. The summed E-state index contributed by atoms with van der Waals surface area (Å²) in [5, 5.41) is 6.04. The molecule has 1 amide bonds. The number of esters is 2. The molecule has 0 aliphatic heterocycles. The van der Waals surface area contributed by atoms with E-state index in [0.29, 0.717) is 11.3 Å². The van der Waals surface area contributed by atoms with Gasteiger partial charge in [0.05, 0.1) is 18.4 Å². The summed E-state index contributed by atoms with van der Waals surface area (Å²) in [5.41, 5.74) is 6.50. The average Bonchev–Trinajstić information content (AvgIpc) is 2.91. The Balaban J connectivity index is 1.89. The molecule has 0 aliphatic rings. The number of amides is 1. The number of ether oxygens (including phenoxy) is 2. The van der Waals surface area contributed by atoms with Crippen LogP contribution in [0.3, 0.4) is 0 Å². The number of anilines is 2. The molecule has 0 atom stereocenters. The molecule has 2 aromatic rings. The van der Waals surface area contributed by atoms with Gasteiger partial charge in [-0.3, -0.25) is 4.79 Å². The molecule has 1 aromatic carbocycles. The minimum absolute atomic E-state index is 0.00905. The largest absolute Gasteiger partial charge is 0.465 e. The van der Waals surface area contributed by atoms with Gasteiger partial charge in [0, 0.05) is 5.69 Å². The number of hydrogen-bond acceptors (Lipinski definition) is 8. The van der Waals surface area contributed by atoms with Gasteiger partial charge in [-0.15, -0.1) is 0 Å². The number of nitrogens with zero attached hydrogens (tertiary/aromatic N) is 1. The van der Waals surface area contributed by atoms with E-state index in [4.69, 9.17) is 10.5 Å². The van der Waals surface area contributed by atoms with Crippen molar-refractivity contribution in [3.8, 4) is 0 Å². The van der Waals surface area contributed by atoms with Crippen molar-refractivity contribution in [3.63, 3.8) is 0 Å². The molecule has 126 valence electrons. The lowest BCUT2D eigenvalue weighted by Gasteiger charge is -2.07. The fourth-order valence-corrected chi connectivity index (χ4v) is 1.84. The molecule has 0 saturated heterocycles. The second kappa shape index (κ2) is 7.27. The maximum Gasteiger partial charge on any atom is 0.346 e. The van der Waals surface area contributed by atoms with Gasteiger partial charge in [0.1, 0.15) is 5.56 Å². The van der Waals surface area contributed by atoms with Crippen molar-refractivity contribution in [1.29, 1.82) is 0 Å². The Morgan fingerprint density at radius 1 is 1.21 bits per heavy atom. The van der Waals surface area contributed by atoms with Crippen molar-refractivity contribution >= 4 is 29.4 Å². The summed E-state index contributed by atoms with van der Waals surface area (Å²) < 4.78 is 14.1. The molecule has 2 rings (SSSR count). The number of nitrogen functional groups attached to an aromatic ring is 1. The molecule has 0 radical (unpaired) electrons. The van der Waals surface area contributed by atoms with Crippen LogP contribution in [0.25, 0.3) is 0 Å². The van der Waals surface area contributed by atoms with E-state index in [-0.39, 0.29) is 17.1 Å². The Morgan fingerprint density at radius 2 is 1.88 bits per heavy atom. The van der Waals surface area contributed by atoms with Crippen molar-refractivity contribution < 1.29 is 28.4 Å². The van der Waals surface area contributed by atoms with Crippen LogP contribution in [0.4, 0.5) is 11.6 Å². The van der Waals surface area contributed by atoms with Crippen LogP contribution in [-0.2, 0) is 14.3 Å². The van der Waals surface area contributed by atoms with E-state index in [1.165, 1.54) is 38.3 Å². The van der Waals surface area contributed by atoms with Crippen molar-refractivity contribution in [2.45, 2.75) is 6.92 Å². The zero-order chi connectivity index (χ0) is 17.7. The fourth-order valence-electron chi connectivity index (χ4n) is 1.84. The third-order valence-electron chi connectivity index (χ3n) is 3.02. The smallest absolute Gasteiger partial charge is 0.346 e. The number of aryl methyl sites for hydroxylation is 1. The first-order valence-corrected chi connectivity index (χ1v) is 6.79. The Labute approximate surface area is 136 Å². The predicted octanol–water partition coefficient (Wildman–Crippen LogP) is 1.15. The normalized spacial score (nSPS) is 10.1. The highest BCUT2D eigenvalue weighted by molar-refractivity contribution is 5.98. The van der Waals surface area contributed by atoms with Crippen LogP contribution in [0.2, 0.25) is 0 Å². The molecule has 3 N–H and O–H groups in total. The molecule has 9 nitrogen and oxygen atoms in total. The number of nitrogens with two attached hydrogens (primary N) is 1. The lowest BCUT2D eigenvalue weighted by Crippen LogP contribution is -2.21. The minimum atomic E-state index is -0.803. The van der Waals surface area contributed by atoms with E-state index in [1.807, 2.05) is 0 Å². The molecule has 1 heterocycles. The molecule has 0 aliphatic carbocycles. The number of carbonyl (C=O) groups excluding carboxylic acids is 3. The first-order chi connectivity index (χ1) is 11.4. The van der Waals surface area contributed by atoms with Gasteiger partial charge in [0.15, 0.2) is 6.61 Å². The average molecular weight is 333 g/mol. The summed E-state index contributed by atoms with van der Waals surface area (Å²) in [6, 6.07) is 6.03. The monoisotopic (exact) mass is 333 g/mol. The molecular weight excluding hydrogens is 318 g/mol. The van der Waals surface area contributed by atoms with Gasteiger partial charge in [-0.2, -0.15) is 0 Å². The lowest BCUT2D eigenvalue weighted by atomic mass is 10.2. The zero-order valence-corrected chi connectivity index (χ0v) is 13.0. The molecular formula is C15H15N3O6. The van der Waals surface area contributed by atoms with Gasteiger partial charge in [-0.1, -0.05) is 5.16 Å². The molecule has 1 aromatic heterocycles. The van der Waals surface area contributed by atoms with Gasteiger partial charge in [-0.25, -0.2) is 9.59 Å². The van der Waals surface area contributed by atoms with E-state index in [0.717, 1.165) is 0 Å². The van der Waals surface area contributed by atoms with Crippen molar-refractivity contribution in [1.82, 2.24) is 5.16 Å². The summed E-state index contributed by atoms with van der Waals surface area (Å²) in [7, 11) is 1.27. The first kappa shape index (κ1) is 17.0. The second-order valence-electron chi connectivity index (χ2n) is 4.70. The number of rotatable bonds is 5. The van der Waals surface area contributed by atoms with E-state index in [2.05, 4.69) is 19.7 Å². The van der Waals surface area contributed by atoms with Crippen molar-refractivity contribution in [2.24, 2.45) is 0 Å². The van der Waals surface area contributed by atoms with Gasteiger partial charge < -0.3 is 25.0 Å². The van der Waals surface area contributed by atoms with Crippen LogP contribution < -0.4 is 11.1 Å². The quantitative estimate of drug-likeness (QED) is 0.778. The maximum atomic E-state index is 11.8. The molecule has 0 saturated carbocycles. The summed E-state index contributed by atoms with van der Waals surface area (Å²) in [6.45, 7) is 1.01. The summed E-state index contributed by atoms with van der Waals surface area (Å²) in [4.78, 5) is 34.9. The number of aromatic nitrogens is 1. The highest BCUT2D eigenvalue weighted by Crippen LogP contribution is 2.16. The lowest BCUT2D eigenvalue weighted by molar-refractivity contribution is -0.119. The molecule has 0 spiro atoms. The van der Waals surface area contributed by atoms with Crippen LogP contribution >= 0.6 is 0 Å². The van der Waals surface area contributed by atoms with E-state index in [9.17, 15) is 14.4 Å². The second-order valence-corrected chi connectivity index (χ2v) is 4.70. The maximum absolute atomic E-state index is 11.8. The first-order valence-electron chi connectivity index (χ1n) is 6.79. The number of methoxy groups -OCH3 is 1. The third kappa shape index (κ3) is 3.88. The van der Waals surface area contributed by atoms with Crippen LogP contribution in [0, 0.1) is 6.92 Å². The zero-order valence-electron chi connectivity index (χ0n) is 13.0. The minimum Gasteiger partial charge on any atom is -0.465 e. The molecule has 0 unspecified atom stereocenters. The highest BCUT2D eigenvalue weighted by atomic mass is 16.5. The Kier molecular flexibility index (Phi) is 5.15. The number of nitrogens with one attached hydrogen (secondary N) is 1. The standard InChI is InChI=1S/C15H15N3O6/c1-8-12(13(16)24-18-8)15(21)23-7-11(19)17-10-5-3-9(4-6-10)14(20)22-2/h3-6H,7,16H2,1-2H3,(H,17,19). The summed E-state index contributed by atoms with van der Waals surface area (Å²) in [6.07, 6.45) is 0. The fraction of sp³-hybridized carbons (Fsp3) is 0.200. The van der Waals surface area contributed by atoms with Gasteiger partial charge in [-0.05, 0) is 31.2 Å². The van der Waals surface area contributed by atoms with Crippen molar-refractivity contribution in [2.75, 3.05) is 24.8 Å². The van der Waals surface area contributed by atoms with E-state index >= 15 is 0 Å². The van der Waals surface area contributed by atoms with Crippen LogP contribution in [-0.4, -0.2) is 36.7 Å². The van der Waals surface area contributed by atoms with Crippen LogP contribution in [0.5, 0.6) is 0 Å². The Morgan fingerprint density at radius 3 is 2.42 bits per heavy atom. The van der Waals surface area contributed by atoms with Gasteiger partial charge >= 0.3 is 11.9 Å².